The fourth-order valence-electron chi connectivity index (χ4n) is 7.14. The predicted octanol–water partition coefficient (Wildman–Crippen LogP) is 5.31. The maximum absolute atomic E-state index is 2.49. The molecule has 0 saturated heterocycles. The normalized spacial score (nSPS) is 36.8. The van der Waals surface area contributed by atoms with Crippen molar-refractivity contribution in [3.05, 3.63) is 107 Å². The first-order valence-electron chi connectivity index (χ1n) is 9.47. The van der Waals surface area contributed by atoms with E-state index in [9.17, 15) is 0 Å². The zero-order valence-electron chi connectivity index (χ0n) is 14.6. The van der Waals surface area contributed by atoms with Crippen LogP contribution in [0.5, 0.6) is 0 Å². The first-order chi connectivity index (χ1) is 12.3. The van der Waals surface area contributed by atoms with Gasteiger partial charge in [-0.15, -0.1) is 0 Å². The summed E-state index contributed by atoms with van der Waals surface area (Å²) >= 11 is 0. The lowest BCUT2D eigenvalue weighted by Gasteiger charge is -2.39. The highest BCUT2D eigenvalue weighted by Crippen LogP contribution is 3.01. The molecule has 0 radical (unpaired) electrons. The molecule has 2 fully saturated rings. The zero-order valence-corrected chi connectivity index (χ0v) is 14.6. The maximum Gasteiger partial charge on any atom is 0.0170 e. The third-order valence-electron chi connectivity index (χ3n) is 7.92. The number of benzene rings is 3. The molecule has 0 heteroatoms. The van der Waals surface area contributed by atoms with E-state index in [2.05, 4.69) is 91.9 Å². The van der Waals surface area contributed by atoms with Crippen LogP contribution in [0.2, 0.25) is 0 Å². The quantitative estimate of drug-likeness (QED) is 0.600. The second-order valence-electron chi connectivity index (χ2n) is 8.26. The summed E-state index contributed by atoms with van der Waals surface area (Å²) in [5.41, 5.74) is 7.27. The predicted molar refractivity (Wildman–Crippen MR) is 102 cm³/mol. The molecule has 0 bridgehead atoms. The van der Waals surface area contributed by atoms with Gasteiger partial charge in [-0.05, 0) is 46.4 Å². The van der Waals surface area contributed by atoms with Crippen LogP contribution in [-0.4, -0.2) is 0 Å². The Labute approximate surface area is 149 Å². The van der Waals surface area contributed by atoms with Gasteiger partial charge in [0.25, 0.3) is 0 Å². The van der Waals surface area contributed by atoms with E-state index in [1.165, 1.54) is 12.8 Å². The standard InChI is InChI=1S/C25H22/c1-18-23-16-19-10-8-9-11-20(19)17-24(23,21-12-4-2-5-13-21)25(18,23)22-14-6-3-7-15-22/h2-15,18H,16-17H2,1H3/t18-,23?,24+,25+/m1/s1. The van der Waals surface area contributed by atoms with Crippen LogP contribution in [0.4, 0.5) is 0 Å². The molecule has 1 unspecified atom stereocenters. The minimum atomic E-state index is 0.288. The lowest BCUT2D eigenvalue weighted by atomic mass is 9.64. The van der Waals surface area contributed by atoms with E-state index in [0.717, 1.165) is 5.92 Å². The molecule has 25 heavy (non-hydrogen) atoms. The van der Waals surface area contributed by atoms with E-state index in [4.69, 9.17) is 0 Å². The molecular weight excluding hydrogens is 300 g/mol. The Morgan fingerprint density at radius 3 is 1.80 bits per heavy atom. The summed E-state index contributed by atoms with van der Waals surface area (Å²) in [7, 11) is 0. The Bertz CT molecular complexity index is 973. The number of rotatable bonds is 2. The molecule has 6 rings (SSSR count). The van der Waals surface area contributed by atoms with Crippen LogP contribution in [-0.2, 0) is 23.7 Å². The Kier molecular flexibility index (Phi) is 2.36. The van der Waals surface area contributed by atoms with E-state index < -0.39 is 0 Å². The van der Waals surface area contributed by atoms with Crippen molar-refractivity contribution in [1.29, 1.82) is 0 Å². The van der Waals surface area contributed by atoms with Crippen molar-refractivity contribution in [2.24, 2.45) is 11.3 Å². The average molecular weight is 322 g/mol. The van der Waals surface area contributed by atoms with Crippen LogP contribution in [0.15, 0.2) is 84.9 Å². The highest BCUT2D eigenvalue weighted by atomic mass is 15.0. The Morgan fingerprint density at radius 2 is 1.16 bits per heavy atom. The van der Waals surface area contributed by atoms with Crippen LogP contribution in [0, 0.1) is 11.3 Å². The average Bonchev–Trinajstić information content (AvgIpc) is 3.47. The van der Waals surface area contributed by atoms with Gasteiger partial charge in [-0.2, -0.15) is 0 Å². The van der Waals surface area contributed by atoms with Crippen LogP contribution in [0.1, 0.15) is 29.2 Å². The molecule has 0 aliphatic heterocycles. The summed E-state index contributed by atoms with van der Waals surface area (Å²) in [6, 6.07) is 31.8. The Morgan fingerprint density at radius 1 is 0.640 bits per heavy atom. The van der Waals surface area contributed by atoms with Gasteiger partial charge in [0.2, 0.25) is 0 Å². The van der Waals surface area contributed by atoms with Gasteiger partial charge in [0.05, 0.1) is 0 Å². The molecule has 4 atom stereocenters. The number of hydrogen-bond donors (Lipinski definition) is 0. The molecule has 0 aromatic heterocycles. The molecule has 2 saturated carbocycles. The number of fused-ring (bicyclic) bond motifs is 2. The molecule has 0 N–H and O–H groups in total. The van der Waals surface area contributed by atoms with Gasteiger partial charge < -0.3 is 0 Å². The highest BCUT2D eigenvalue weighted by molar-refractivity contribution is 5.72. The van der Waals surface area contributed by atoms with Crippen LogP contribution in [0.3, 0.4) is 0 Å². The largest absolute Gasteiger partial charge is 0.0622 e. The first-order valence-corrected chi connectivity index (χ1v) is 9.47. The number of hydrogen-bond acceptors (Lipinski definition) is 0. The zero-order chi connectivity index (χ0) is 16.7. The van der Waals surface area contributed by atoms with Crippen molar-refractivity contribution >= 4 is 0 Å². The molecule has 0 heterocycles. The molecule has 3 aromatic carbocycles. The van der Waals surface area contributed by atoms with Gasteiger partial charge >= 0.3 is 0 Å². The fraction of sp³-hybridized carbons (Fsp3) is 0.280. The van der Waals surface area contributed by atoms with E-state index in [1.54, 1.807) is 22.3 Å². The second-order valence-corrected chi connectivity index (χ2v) is 8.26. The summed E-state index contributed by atoms with van der Waals surface area (Å²) < 4.78 is 0. The van der Waals surface area contributed by atoms with Gasteiger partial charge in [0, 0.05) is 10.8 Å². The van der Waals surface area contributed by atoms with Crippen molar-refractivity contribution < 1.29 is 0 Å². The van der Waals surface area contributed by atoms with Crippen LogP contribution >= 0.6 is 0 Å². The molecule has 1 spiro atoms. The Balaban J connectivity index is 1.62. The molecule has 0 amide bonds. The van der Waals surface area contributed by atoms with Gasteiger partial charge in [0.15, 0.2) is 0 Å². The smallest absolute Gasteiger partial charge is 0.0170 e. The monoisotopic (exact) mass is 322 g/mol. The van der Waals surface area contributed by atoms with E-state index >= 15 is 0 Å². The van der Waals surface area contributed by atoms with E-state index in [-0.39, 0.29) is 5.41 Å². The molecular formula is C25H22. The van der Waals surface area contributed by atoms with Crippen molar-refractivity contribution in [3.63, 3.8) is 0 Å². The summed E-state index contributed by atoms with van der Waals surface area (Å²) in [4.78, 5) is 0. The molecule has 3 aliphatic carbocycles. The first kappa shape index (κ1) is 13.9. The van der Waals surface area contributed by atoms with Gasteiger partial charge in [-0.25, -0.2) is 0 Å². The van der Waals surface area contributed by atoms with Crippen molar-refractivity contribution in [2.45, 2.75) is 30.6 Å². The summed E-state index contributed by atoms with van der Waals surface area (Å²) in [5.74, 6) is 0.760. The lowest BCUT2D eigenvalue weighted by Crippen LogP contribution is -2.38. The minimum absolute atomic E-state index is 0.288. The highest BCUT2D eigenvalue weighted by Gasteiger charge is 3.03. The van der Waals surface area contributed by atoms with E-state index in [1.807, 2.05) is 0 Å². The summed E-state index contributed by atoms with van der Waals surface area (Å²) in [6.45, 7) is 2.49. The third kappa shape index (κ3) is 1.26. The van der Waals surface area contributed by atoms with E-state index in [0.29, 0.717) is 10.8 Å². The second kappa shape index (κ2) is 4.25. The van der Waals surface area contributed by atoms with Gasteiger partial charge in [0.1, 0.15) is 0 Å². The van der Waals surface area contributed by atoms with Crippen molar-refractivity contribution in [2.75, 3.05) is 0 Å². The topological polar surface area (TPSA) is 0 Å². The van der Waals surface area contributed by atoms with Crippen molar-refractivity contribution in [1.82, 2.24) is 0 Å². The molecule has 0 nitrogen and oxygen atoms in total. The minimum Gasteiger partial charge on any atom is -0.0622 e. The maximum atomic E-state index is 2.49. The third-order valence-corrected chi connectivity index (χ3v) is 7.92. The SMILES string of the molecule is C[C@@H]1C23Cc4ccccc4C[C@@]2(c2ccccc2)[C@]13c1ccccc1. The Hall–Kier alpha value is -2.34. The molecule has 3 aromatic rings. The summed E-state index contributed by atoms with van der Waals surface area (Å²) in [6.07, 6.45) is 2.42. The summed E-state index contributed by atoms with van der Waals surface area (Å²) in [5, 5.41) is 0. The lowest BCUT2D eigenvalue weighted by molar-refractivity contribution is 0.300. The molecule has 122 valence electrons. The van der Waals surface area contributed by atoms with Crippen LogP contribution in [0.25, 0.3) is 0 Å². The fourth-order valence-corrected chi connectivity index (χ4v) is 7.14. The van der Waals surface area contributed by atoms with Gasteiger partial charge in [-0.3, -0.25) is 0 Å². The van der Waals surface area contributed by atoms with Crippen molar-refractivity contribution in [3.8, 4) is 0 Å². The van der Waals surface area contributed by atoms with Crippen LogP contribution < -0.4 is 0 Å². The van der Waals surface area contributed by atoms with Gasteiger partial charge in [-0.1, -0.05) is 91.9 Å². The molecule has 3 aliphatic rings.